The highest BCUT2D eigenvalue weighted by molar-refractivity contribution is 5.85. The van der Waals surface area contributed by atoms with Gasteiger partial charge in [-0.3, -0.25) is 4.79 Å². The molecule has 0 aromatic rings. The molecule has 1 aliphatic heterocycles. The highest BCUT2D eigenvalue weighted by Crippen LogP contribution is 2.27. The van der Waals surface area contributed by atoms with Crippen molar-refractivity contribution in [1.82, 2.24) is 5.32 Å². The number of hydrogen-bond donors (Lipinski definition) is 1. The predicted molar refractivity (Wildman–Crippen MR) is 54.1 cm³/mol. The number of esters is 1. The topological polar surface area (TPSA) is 38.3 Å². The van der Waals surface area contributed by atoms with Crippen molar-refractivity contribution in [3.8, 4) is 0 Å². The van der Waals surface area contributed by atoms with Crippen LogP contribution >= 0.6 is 12.4 Å². The van der Waals surface area contributed by atoms with E-state index in [2.05, 4.69) is 19.2 Å². The fraction of sp³-hybridized carbons (Fsp3) is 0.889. The molecule has 1 heterocycles. The van der Waals surface area contributed by atoms with Crippen molar-refractivity contribution in [2.75, 3.05) is 13.2 Å². The Morgan fingerprint density at radius 2 is 2.23 bits per heavy atom. The molecule has 0 unspecified atom stereocenters. The fourth-order valence-corrected chi connectivity index (χ4v) is 1.51. The second kappa shape index (κ2) is 4.82. The van der Waals surface area contributed by atoms with Gasteiger partial charge >= 0.3 is 5.97 Å². The summed E-state index contributed by atoms with van der Waals surface area (Å²) < 4.78 is 4.92. The lowest BCUT2D eigenvalue weighted by molar-refractivity contribution is -0.145. The summed E-state index contributed by atoms with van der Waals surface area (Å²) in [5, 5.41) is 3.16. The van der Waals surface area contributed by atoms with Crippen LogP contribution in [0.2, 0.25) is 0 Å². The van der Waals surface area contributed by atoms with E-state index in [1.54, 1.807) is 0 Å². The third-order valence-corrected chi connectivity index (χ3v) is 2.15. The van der Waals surface area contributed by atoms with Crippen LogP contribution in [-0.4, -0.2) is 25.2 Å². The molecular formula is C9H18ClNO2. The molecule has 13 heavy (non-hydrogen) atoms. The Morgan fingerprint density at radius 3 is 2.62 bits per heavy atom. The molecule has 1 rings (SSSR count). The number of carbonyl (C=O) groups is 1. The summed E-state index contributed by atoms with van der Waals surface area (Å²) in [6.45, 7) is 7.50. The average molecular weight is 208 g/mol. The lowest BCUT2D eigenvalue weighted by atomic mass is 9.91. The van der Waals surface area contributed by atoms with Gasteiger partial charge in [-0.1, -0.05) is 13.8 Å². The molecular weight excluding hydrogens is 190 g/mol. The smallest absolute Gasteiger partial charge is 0.323 e. The molecule has 4 heteroatoms. The van der Waals surface area contributed by atoms with Gasteiger partial charge < -0.3 is 10.1 Å². The third kappa shape index (κ3) is 3.53. The van der Waals surface area contributed by atoms with Crippen molar-refractivity contribution in [3.05, 3.63) is 0 Å². The number of rotatable bonds is 2. The van der Waals surface area contributed by atoms with E-state index >= 15 is 0 Å². The van der Waals surface area contributed by atoms with Crippen LogP contribution in [0.1, 0.15) is 27.2 Å². The van der Waals surface area contributed by atoms with Gasteiger partial charge in [-0.2, -0.15) is 0 Å². The van der Waals surface area contributed by atoms with E-state index in [4.69, 9.17) is 4.74 Å². The van der Waals surface area contributed by atoms with Crippen LogP contribution in [0.15, 0.2) is 0 Å². The van der Waals surface area contributed by atoms with E-state index in [-0.39, 0.29) is 29.8 Å². The normalized spacial score (nSPS) is 25.0. The summed E-state index contributed by atoms with van der Waals surface area (Å²) in [5.41, 5.74) is 0.234. The van der Waals surface area contributed by atoms with Crippen molar-refractivity contribution >= 4 is 18.4 Å². The van der Waals surface area contributed by atoms with E-state index in [1.165, 1.54) is 0 Å². The molecule has 78 valence electrons. The fourth-order valence-electron chi connectivity index (χ4n) is 1.51. The number of nitrogens with one attached hydrogen (secondary N) is 1. The van der Waals surface area contributed by atoms with Crippen molar-refractivity contribution in [1.29, 1.82) is 0 Å². The Hall–Kier alpha value is -0.280. The first-order valence-corrected chi connectivity index (χ1v) is 4.45. The number of carbonyl (C=O) groups excluding carboxylic acids is 1. The monoisotopic (exact) mass is 207 g/mol. The van der Waals surface area contributed by atoms with Crippen LogP contribution in [0.25, 0.3) is 0 Å². The van der Waals surface area contributed by atoms with Gasteiger partial charge in [0.2, 0.25) is 0 Å². The van der Waals surface area contributed by atoms with Crippen LogP contribution in [0.5, 0.6) is 0 Å². The molecule has 1 N–H and O–H groups in total. The van der Waals surface area contributed by atoms with Crippen molar-refractivity contribution in [3.63, 3.8) is 0 Å². The Labute approximate surface area is 85.6 Å². The maximum Gasteiger partial charge on any atom is 0.323 e. The van der Waals surface area contributed by atoms with E-state index < -0.39 is 0 Å². The van der Waals surface area contributed by atoms with Gasteiger partial charge in [0.25, 0.3) is 0 Å². The van der Waals surface area contributed by atoms with Crippen LogP contribution in [-0.2, 0) is 9.53 Å². The van der Waals surface area contributed by atoms with Crippen LogP contribution in [0, 0.1) is 5.41 Å². The number of halogens is 1. The lowest BCUT2D eigenvalue weighted by Gasteiger charge is -2.14. The highest BCUT2D eigenvalue weighted by atomic mass is 35.5. The van der Waals surface area contributed by atoms with E-state index in [9.17, 15) is 4.79 Å². The van der Waals surface area contributed by atoms with Crippen LogP contribution < -0.4 is 5.32 Å². The molecule has 0 saturated carbocycles. The summed E-state index contributed by atoms with van der Waals surface area (Å²) in [6, 6.07) is -0.0834. The van der Waals surface area contributed by atoms with Gasteiger partial charge in [0.15, 0.2) is 0 Å². The molecule has 0 spiro atoms. The van der Waals surface area contributed by atoms with E-state index in [1.807, 2.05) is 6.92 Å². The van der Waals surface area contributed by atoms with Gasteiger partial charge in [-0.15, -0.1) is 12.4 Å². The molecule has 0 radical (unpaired) electrons. The van der Waals surface area contributed by atoms with Crippen molar-refractivity contribution in [2.24, 2.45) is 5.41 Å². The molecule has 1 fully saturated rings. The van der Waals surface area contributed by atoms with Crippen LogP contribution in [0.3, 0.4) is 0 Å². The number of ether oxygens (including phenoxy) is 1. The second-order valence-corrected chi connectivity index (χ2v) is 4.05. The molecule has 1 atom stereocenters. The molecule has 0 aromatic carbocycles. The first-order chi connectivity index (χ1) is 5.55. The molecule has 0 bridgehead atoms. The zero-order valence-electron chi connectivity index (χ0n) is 8.42. The Balaban J connectivity index is 0.00000144. The third-order valence-electron chi connectivity index (χ3n) is 2.15. The zero-order valence-corrected chi connectivity index (χ0v) is 9.24. The summed E-state index contributed by atoms with van der Waals surface area (Å²) in [7, 11) is 0. The molecule has 1 saturated heterocycles. The summed E-state index contributed by atoms with van der Waals surface area (Å²) in [5.74, 6) is -0.108. The van der Waals surface area contributed by atoms with Crippen molar-refractivity contribution in [2.45, 2.75) is 33.2 Å². The van der Waals surface area contributed by atoms with E-state index in [0.717, 1.165) is 13.0 Å². The maximum atomic E-state index is 11.2. The Kier molecular flexibility index (Phi) is 4.71. The predicted octanol–water partition coefficient (Wildman–Crippen LogP) is 1.36. The van der Waals surface area contributed by atoms with Gasteiger partial charge in [0.05, 0.1) is 6.61 Å². The average Bonchev–Trinajstić information content (AvgIpc) is 2.31. The minimum atomic E-state index is -0.108. The molecule has 0 amide bonds. The lowest BCUT2D eigenvalue weighted by Crippen LogP contribution is -2.32. The van der Waals surface area contributed by atoms with Crippen LogP contribution in [0.4, 0.5) is 0 Å². The largest absolute Gasteiger partial charge is 0.465 e. The van der Waals surface area contributed by atoms with Gasteiger partial charge in [0, 0.05) is 6.54 Å². The first kappa shape index (κ1) is 12.7. The van der Waals surface area contributed by atoms with Gasteiger partial charge in [0.1, 0.15) is 6.04 Å². The first-order valence-electron chi connectivity index (χ1n) is 4.45. The number of hydrogen-bond acceptors (Lipinski definition) is 3. The SMILES string of the molecule is CCOC(=O)[C@H]1CC(C)(C)CN1.Cl. The minimum absolute atomic E-state index is 0. The van der Waals surface area contributed by atoms with Gasteiger partial charge in [-0.25, -0.2) is 0 Å². The standard InChI is InChI=1S/C9H17NO2.ClH/c1-4-12-8(11)7-5-9(2,3)6-10-7;/h7,10H,4-6H2,1-3H3;1H/t7-;/m1./s1. The molecule has 0 aliphatic carbocycles. The Morgan fingerprint density at radius 1 is 1.62 bits per heavy atom. The van der Waals surface area contributed by atoms with Crippen molar-refractivity contribution < 1.29 is 9.53 Å². The van der Waals surface area contributed by atoms with E-state index in [0.29, 0.717) is 6.61 Å². The van der Waals surface area contributed by atoms with Gasteiger partial charge in [-0.05, 0) is 18.8 Å². The quantitative estimate of drug-likeness (QED) is 0.695. The summed E-state index contributed by atoms with van der Waals surface area (Å²) in [6.07, 6.45) is 0.881. The summed E-state index contributed by atoms with van der Waals surface area (Å²) >= 11 is 0. The molecule has 0 aromatic heterocycles. The minimum Gasteiger partial charge on any atom is -0.465 e. The maximum absolute atomic E-state index is 11.2. The molecule has 3 nitrogen and oxygen atoms in total. The zero-order chi connectivity index (χ0) is 9.19. The molecule has 1 aliphatic rings. The highest BCUT2D eigenvalue weighted by Gasteiger charge is 2.35. The Bertz CT molecular complexity index is 182. The second-order valence-electron chi connectivity index (χ2n) is 4.05. The summed E-state index contributed by atoms with van der Waals surface area (Å²) in [4.78, 5) is 11.2.